The third-order valence-corrected chi connectivity index (χ3v) is 5.06. The number of hydrogen-bond donors (Lipinski definition) is 1. The van der Waals surface area contributed by atoms with Gasteiger partial charge in [-0.1, -0.05) is 6.07 Å². The lowest BCUT2D eigenvalue weighted by Crippen LogP contribution is -2.47. The molecule has 1 saturated heterocycles. The Morgan fingerprint density at radius 3 is 2.86 bits per heavy atom. The molecular formula is C16H26N2O3S. The van der Waals surface area contributed by atoms with Crippen LogP contribution in [0.1, 0.15) is 24.6 Å². The van der Waals surface area contributed by atoms with Gasteiger partial charge in [0.15, 0.2) is 0 Å². The van der Waals surface area contributed by atoms with Gasteiger partial charge in [-0.15, -0.1) is 11.3 Å². The predicted octanol–water partition coefficient (Wildman–Crippen LogP) is 1.57. The van der Waals surface area contributed by atoms with Crippen molar-refractivity contribution in [1.29, 1.82) is 0 Å². The van der Waals surface area contributed by atoms with Gasteiger partial charge in [0.25, 0.3) is 0 Å². The van der Waals surface area contributed by atoms with E-state index in [9.17, 15) is 9.90 Å². The van der Waals surface area contributed by atoms with Crippen molar-refractivity contribution in [2.75, 3.05) is 33.3 Å². The van der Waals surface area contributed by atoms with Crippen LogP contribution in [0.5, 0.6) is 0 Å². The Morgan fingerprint density at radius 1 is 1.55 bits per heavy atom. The van der Waals surface area contributed by atoms with E-state index in [4.69, 9.17) is 4.74 Å². The Hall–Kier alpha value is -0.950. The Labute approximate surface area is 136 Å². The molecule has 1 aliphatic rings. The molecule has 0 saturated carbocycles. The summed E-state index contributed by atoms with van der Waals surface area (Å²) in [5.74, 6) is 0.125. The van der Waals surface area contributed by atoms with Gasteiger partial charge in [0.05, 0.1) is 19.3 Å². The smallest absolute Gasteiger partial charge is 0.219 e. The SMILES string of the molecule is CC(=O)N(C)C1CCN(CC(O)COCc2cccs2)CC1. The minimum atomic E-state index is -0.456. The molecule has 1 amide bonds. The maximum Gasteiger partial charge on any atom is 0.219 e. The first-order valence-corrected chi connectivity index (χ1v) is 8.68. The number of nitrogens with zero attached hydrogens (tertiary/aromatic N) is 2. The van der Waals surface area contributed by atoms with Crippen LogP contribution in [0.4, 0.5) is 0 Å². The molecule has 1 unspecified atom stereocenters. The van der Waals surface area contributed by atoms with Crippen LogP contribution in [0.15, 0.2) is 17.5 Å². The second-order valence-corrected chi connectivity index (χ2v) is 6.94. The van der Waals surface area contributed by atoms with Crippen molar-refractivity contribution in [2.24, 2.45) is 0 Å². The van der Waals surface area contributed by atoms with Crippen LogP contribution < -0.4 is 0 Å². The van der Waals surface area contributed by atoms with E-state index in [1.165, 1.54) is 4.88 Å². The molecule has 1 atom stereocenters. The van der Waals surface area contributed by atoms with Crippen LogP contribution in [0, 0.1) is 0 Å². The number of likely N-dealkylation sites (tertiary alicyclic amines) is 1. The Kier molecular flexibility index (Phi) is 6.82. The van der Waals surface area contributed by atoms with E-state index in [0.29, 0.717) is 25.8 Å². The fraction of sp³-hybridized carbons (Fsp3) is 0.688. The molecule has 0 spiro atoms. The average molecular weight is 326 g/mol. The number of piperidine rings is 1. The Balaban J connectivity index is 1.62. The van der Waals surface area contributed by atoms with E-state index in [0.717, 1.165) is 25.9 Å². The minimum Gasteiger partial charge on any atom is -0.389 e. The maximum absolute atomic E-state index is 11.4. The molecule has 2 heterocycles. The van der Waals surface area contributed by atoms with E-state index < -0.39 is 6.10 Å². The number of aliphatic hydroxyl groups excluding tert-OH is 1. The summed E-state index contributed by atoms with van der Waals surface area (Å²) >= 11 is 1.67. The summed E-state index contributed by atoms with van der Waals surface area (Å²) < 4.78 is 5.55. The lowest BCUT2D eigenvalue weighted by atomic mass is 10.0. The molecular weight excluding hydrogens is 300 g/mol. The van der Waals surface area contributed by atoms with Crippen molar-refractivity contribution >= 4 is 17.2 Å². The molecule has 6 heteroatoms. The summed E-state index contributed by atoms with van der Waals surface area (Å²) in [6.45, 7) is 5.03. The monoisotopic (exact) mass is 326 g/mol. The van der Waals surface area contributed by atoms with Crippen LogP contribution in [0.2, 0.25) is 0 Å². The van der Waals surface area contributed by atoms with E-state index >= 15 is 0 Å². The highest BCUT2D eigenvalue weighted by Crippen LogP contribution is 2.16. The van der Waals surface area contributed by atoms with Gasteiger partial charge in [-0.25, -0.2) is 0 Å². The van der Waals surface area contributed by atoms with Gasteiger partial charge in [-0.05, 0) is 24.3 Å². The molecule has 0 radical (unpaired) electrons. The van der Waals surface area contributed by atoms with E-state index in [1.54, 1.807) is 18.3 Å². The summed E-state index contributed by atoms with van der Waals surface area (Å²) in [4.78, 5) is 16.6. The van der Waals surface area contributed by atoms with Crippen molar-refractivity contribution in [3.05, 3.63) is 22.4 Å². The maximum atomic E-state index is 11.4. The first kappa shape index (κ1) is 17.4. The van der Waals surface area contributed by atoms with E-state index in [1.807, 2.05) is 29.5 Å². The van der Waals surface area contributed by atoms with Crippen LogP contribution >= 0.6 is 11.3 Å². The highest BCUT2D eigenvalue weighted by molar-refractivity contribution is 7.09. The highest BCUT2D eigenvalue weighted by Gasteiger charge is 2.24. The third kappa shape index (κ3) is 5.35. The topological polar surface area (TPSA) is 53.0 Å². The molecule has 0 aliphatic carbocycles. The summed E-state index contributed by atoms with van der Waals surface area (Å²) in [5, 5.41) is 12.1. The zero-order chi connectivity index (χ0) is 15.9. The number of rotatable bonds is 7. The summed E-state index contributed by atoms with van der Waals surface area (Å²) in [6, 6.07) is 4.37. The number of ether oxygens (including phenoxy) is 1. The zero-order valence-corrected chi connectivity index (χ0v) is 14.2. The standard InChI is InChI=1S/C16H26N2O3S/c1-13(19)17(2)14-5-7-18(8-6-14)10-15(20)11-21-12-16-4-3-9-22-16/h3-4,9,14-15,20H,5-8,10-12H2,1-2H3. The van der Waals surface area contributed by atoms with Gasteiger partial charge in [-0.3, -0.25) is 4.79 Å². The molecule has 1 aliphatic heterocycles. The van der Waals surface area contributed by atoms with Gasteiger partial charge >= 0.3 is 0 Å². The first-order valence-electron chi connectivity index (χ1n) is 7.80. The number of amides is 1. The van der Waals surface area contributed by atoms with Crippen LogP contribution in [0.3, 0.4) is 0 Å². The Morgan fingerprint density at radius 2 is 2.27 bits per heavy atom. The molecule has 1 N–H and O–H groups in total. The fourth-order valence-corrected chi connectivity index (χ4v) is 3.43. The molecule has 1 aromatic rings. The lowest BCUT2D eigenvalue weighted by molar-refractivity contribution is -0.130. The van der Waals surface area contributed by atoms with Gasteiger partial charge in [-0.2, -0.15) is 0 Å². The second kappa shape index (κ2) is 8.62. The Bertz CT molecular complexity index is 444. The summed E-state index contributed by atoms with van der Waals surface area (Å²) in [6.07, 6.45) is 1.49. The molecule has 0 aromatic carbocycles. The van der Waals surface area contributed by atoms with Gasteiger partial charge < -0.3 is 19.6 Å². The predicted molar refractivity (Wildman–Crippen MR) is 87.9 cm³/mol. The normalized spacial score (nSPS) is 18.3. The fourth-order valence-electron chi connectivity index (χ4n) is 2.79. The number of carbonyl (C=O) groups is 1. The quantitative estimate of drug-likeness (QED) is 0.826. The molecule has 1 aromatic heterocycles. The second-order valence-electron chi connectivity index (χ2n) is 5.91. The molecule has 2 rings (SSSR count). The number of β-amino-alcohol motifs (C(OH)–C–C–N with tert-alkyl or cyclic N) is 1. The highest BCUT2D eigenvalue weighted by atomic mass is 32.1. The van der Waals surface area contributed by atoms with Gasteiger partial charge in [0.1, 0.15) is 0 Å². The minimum absolute atomic E-state index is 0.125. The van der Waals surface area contributed by atoms with Crippen molar-refractivity contribution < 1.29 is 14.6 Å². The van der Waals surface area contributed by atoms with Gasteiger partial charge in [0.2, 0.25) is 5.91 Å². The molecule has 124 valence electrons. The van der Waals surface area contributed by atoms with Crippen molar-refractivity contribution in [1.82, 2.24) is 9.80 Å². The van der Waals surface area contributed by atoms with Crippen molar-refractivity contribution in [3.63, 3.8) is 0 Å². The summed E-state index contributed by atoms with van der Waals surface area (Å²) in [5.41, 5.74) is 0. The van der Waals surface area contributed by atoms with E-state index in [2.05, 4.69) is 4.90 Å². The lowest BCUT2D eigenvalue weighted by Gasteiger charge is -2.37. The summed E-state index contributed by atoms with van der Waals surface area (Å²) in [7, 11) is 1.87. The van der Waals surface area contributed by atoms with Crippen molar-refractivity contribution in [2.45, 2.75) is 38.5 Å². The third-order valence-electron chi connectivity index (χ3n) is 4.21. The number of hydrogen-bond acceptors (Lipinski definition) is 5. The van der Waals surface area contributed by atoms with Crippen LogP contribution in [-0.2, 0) is 16.1 Å². The largest absolute Gasteiger partial charge is 0.389 e. The molecule has 0 bridgehead atoms. The molecule has 1 fully saturated rings. The first-order chi connectivity index (χ1) is 10.6. The van der Waals surface area contributed by atoms with Gasteiger partial charge in [0, 0.05) is 44.5 Å². The van der Waals surface area contributed by atoms with E-state index in [-0.39, 0.29) is 5.91 Å². The number of carbonyl (C=O) groups excluding carboxylic acids is 1. The molecule has 5 nitrogen and oxygen atoms in total. The molecule has 22 heavy (non-hydrogen) atoms. The number of thiophene rings is 1. The van der Waals surface area contributed by atoms with Crippen LogP contribution in [0.25, 0.3) is 0 Å². The number of aliphatic hydroxyl groups is 1. The average Bonchev–Trinajstić information content (AvgIpc) is 3.00. The van der Waals surface area contributed by atoms with Crippen LogP contribution in [-0.4, -0.2) is 66.2 Å². The zero-order valence-electron chi connectivity index (χ0n) is 13.4. The van der Waals surface area contributed by atoms with Crippen molar-refractivity contribution in [3.8, 4) is 0 Å².